The van der Waals surface area contributed by atoms with E-state index in [1.807, 2.05) is 48.5 Å². The van der Waals surface area contributed by atoms with Gasteiger partial charge in [0.1, 0.15) is 5.75 Å². The maximum absolute atomic E-state index is 12.8. The number of halogens is 3. The maximum Gasteiger partial charge on any atom is 0.573 e. The van der Waals surface area contributed by atoms with Crippen LogP contribution in [-0.4, -0.2) is 34.0 Å². The predicted molar refractivity (Wildman–Crippen MR) is 123 cm³/mol. The first kappa shape index (κ1) is 21.5. The van der Waals surface area contributed by atoms with Gasteiger partial charge < -0.3 is 14.6 Å². The molecule has 35 heavy (non-hydrogen) atoms. The molecule has 0 radical (unpaired) electrons. The smallest absolute Gasteiger partial charge is 0.406 e. The fourth-order valence-corrected chi connectivity index (χ4v) is 5.26. The number of hydrogen-bond acceptors (Lipinski definition) is 3. The minimum absolute atomic E-state index is 0.0614. The summed E-state index contributed by atoms with van der Waals surface area (Å²) >= 11 is 0. The van der Waals surface area contributed by atoms with Crippen molar-refractivity contribution in [2.24, 2.45) is 0 Å². The molecule has 1 aromatic heterocycles. The van der Waals surface area contributed by atoms with Gasteiger partial charge in [0.15, 0.2) is 5.78 Å². The van der Waals surface area contributed by atoms with Gasteiger partial charge in [0, 0.05) is 23.0 Å². The number of benzene rings is 3. The molecule has 0 bridgehead atoms. The zero-order chi connectivity index (χ0) is 24.3. The van der Waals surface area contributed by atoms with Crippen LogP contribution in [-0.2, 0) is 16.0 Å². The monoisotopic (exact) mass is 476 g/mol. The van der Waals surface area contributed by atoms with Gasteiger partial charge >= 0.3 is 6.36 Å². The molecule has 5 nitrogen and oxygen atoms in total. The van der Waals surface area contributed by atoms with Crippen LogP contribution in [0.15, 0.2) is 72.8 Å². The summed E-state index contributed by atoms with van der Waals surface area (Å²) in [5.41, 5.74) is 5.31. The van der Waals surface area contributed by atoms with Crippen LogP contribution in [0.3, 0.4) is 0 Å². The second kappa shape index (κ2) is 7.73. The van der Waals surface area contributed by atoms with Crippen LogP contribution in [0.2, 0.25) is 0 Å². The molecule has 8 heteroatoms. The number of carbonyl (C=O) groups excluding carboxylic acids is 2. The highest BCUT2D eigenvalue weighted by Gasteiger charge is 2.48. The molecular formula is C27H19F3N2O3. The number of hydrogen-bond donors (Lipinski definition) is 1. The van der Waals surface area contributed by atoms with Crippen molar-refractivity contribution in [1.29, 1.82) is 0 Å². The highest BCUT2D eigenvalue weighted by molar-refractivity contribution is 6.08. The molecule has 1 saturated heterocycles. The quantitative estimate of drug-likeness (QED) is 0.395. The first-order valence-electron chi connectivity index (χ1n) is 11.2. The van der Waals surface area contributed by atoms with Gasteiger partial charge in [-0.3, -0.25) is 9.59 Å². The van der Waals surface area contributed by atoms with Crippen molar-refractivity contribution in [2.75, 3.05) is 0 Å². The normalized spacial score (nSPS) is 19.7. The minimum Gasteiger partial charge on any atom is -0.406 e. The van der Waals surface area contributed by atoms with E-state index in [0.29, 0.717) is 6.42 Å². The second-order valence-corrected chi connectivity index (χ2v) is 8.82. The number of alkyl halides is 3. The molecule has 2 aliphatic heterocycles. The Morgan fingerprint density at radius 3 is 2.23 bits per heavy atom. The van der Waals surface area contributed by atoms with Crippen molar-refractivity contribution in [1.82, 2.24) is 9.88 Å². The Bertz CT molecular complexity index is 1460. The maximum atomic E-state index is 12.8. The SMILES string of the molecule is O=C1CC(=O)N2[C@H](c3ccc(-c4ccc(OC(F)(F)F)cc4)cc3)c3[nH]c4ccccc4c3C[C@@H]12. The van der Waals surface area contributed by atoms with E-state index in [1.165, 1.54) is 12.1 Å². The minimum atomic E-state index is -4.74. The molecule has 4 aromatic rings. The zero-order valence-electron chi connectivity index (χ0n) is 18.3. The lowest BCUT2D eigenvalue weighted by molar-refractivity contribution is -0.274. The van der Waals surface area contributed by atoms with E-state index >= 15 is 0 Å². The van der Waals surface area contributed by atoms with Gasteiger partial charge in [-0.2, -0.15) is 0 Å². The number of ketones is 1. The summed E-state index contributed by atoms with van der Waals surface area (Å²) in [5, 5.41) is 1.05. The van der Waals surface area contributed by atoms with E-state index in [9.17, 15) is 22.8 Å². The summed E-state index contributed by atoms with van der Waals surface area (Å²) < 4.78 is 41.2. The van der Waals surface area contributed by atoms with Crippen LogP contribution in [0.4, 0.5) is 13.2 Å². The van der Waals surface area contributed by atoms with Gasteiger partial charge in [-0.1, -0.05) is 54.6 Å². The van der Waals surface area contributed by atoms with Crippen LogP contribution >= 0.6 is 0 Å². The molecule has 1 N–H and O–H groups in total. The molecule has 2 atom stereocenters. The third-order valence-electron chi connectivity index (χ3n) is 6.76. The van der Waals surface area contributed by atoms with E-state index in [-0.39, 0.29) is 23.9 Å². The molecular weight excluding hydrogens is 457 g/mol. The highest BCUT2D eigenvalue weighted by atomic mass is 19.4. The lowest BCUT2D eigenvalue weighted by Gasteiger charge is -2.37. The lowest BCUT2D eigenvalue weighted by atomic mass is 9.88. The Balaban J connectivity index is 1.38. The molecule has 6 rings (SSSR count). The van der Waals surface area contributed by atoms with E-state index in [2.05, 4.69) is 9.72 Å². The Labute approximate surface area is 198 Å². The number of Topliss-reactive ketones (excluding diaryl/α,β-unsaturated/α-hetero) is 1. The van der Waals surface area contributed by atoms with E-state index in [1.54, 1.807) is 17.0 Å². The van der Waals surface area contributed by atoms with Gasteiger partial charge in [-0.25, -0.2) is 0 Å². The molecule has 3 heterocycles. The second-order valence-electron chi connectivity index (χ2n) is 8.82. The number of ether oxygens (including phenoxy) is 1. The van der Waals surface area contributed by atoms with Crippen molar-refractivity contribution >= 4 is 22.6 Å². The van der Waals surface area contributed by atoms with Crippen LogP contribution in [0.25, 0.3) is 22.0 Å². The summed E-state index contributed by atoms with van der Waals surface area (Å²) in [4.78, 5) is 30.7. The number of fused-ring (bicyclic) bond motifs is 4. The summed E-state index contributed by atoms with van der Waals surface area (Å²) in [6.45, 7) is 0. The Morgan fingerprint density at radius 1 is 0.886 bits per heavy atom. The molecule has 0 spiro atoms. The summed E-state index contributed by atoms with van der Waals surface area (Å²) in [6, 6.07) is 20.2. The molecule has 1 fully saturated rings. The Kier molecular flexibility index (Phi) is 4.74. The van der Waals surface area contributed by atoms with Gasteiger partial charge in [0.25, 0.3) is 0 Å². The fraction of sp³-hybridized carbons (Fsp3) is 0.185. The van der Waals surface area contributed by atoms with Gasteiger partial charge in [-0.05, 0) is 40.5 Å². The van der Waals surface area contributed by atoms with Crippen molar-refractivity contribution in [3.8, 4) is 16.9 Å². The van der Waals surface area contributed by atoms with E-state index < -0.39 is 18.4 Å². The third kappa shape index (κ3) is 3.65. The number of aromatic amines is 1. The van der Waals surface area contributed by atoms with Crippen LogP contribution in [0.1, 0.15) is 29.3 Å². The van der Waals surface area contributed by atoms with Gasteiger partial charge in [0.2, 0.25) is 5.91 Å². The molecule has 2 aliphatic rings. The predicted octanol–water partition coefficient (Wildman–Crippen LogP) is 5.55. The molecule has 0 saturated carbocycles. The van der Waals surface area contributed by atoms with Crippen LogP contribution < -0.4 is 4.74 Å². The molecule has 0 aliphatic carbocycles. The van der Waals surface area contributed by atoms with E-state index in [0.717, 1.165) is 38.9 Å². The first-order valence-corrected chi connectivity index (χ1v) is 11.2. The average Bonchev–Trinajstić information content (AvgIpc) is 3.34. The summed E-state index contributed by atoms with van der Waals surface area (Å²) in [7, 11) is 0. The fourth-order valence-electron chi connectivity index (χ4n) is 5.26. The topological polar surface area (TPSA) is 62.4 Å². The average molecular weight is 476 g/mol. The number of rotatable bonds is 3. The standard InChI is InChI=1S/C27H19F3N2O3/c28-27(29,30)35-18-11-9-16(10-12-18)15-5-7-17(8-6-15)26-25-20(19-3-1-2-4-21(19)31-25)13-22-23(33)14-24(34)32(22)26/h1-12,22,26,31H,13-14H2/t22-,26+/m0/s1. The number of H-pyrrole nitrogens is 1. The van der Waals surface area contributed by atoms with Crippen LogP contribution in [0, 0.1) is 0 Å². The van der Waals surface area contributed by atoms with Crippen molar-refractivity contribution in [3.05, 3.63) is 89.6 Å². The number of para-hydroxylation sites is 1. The number of nitrogens with zero attached hydrogens (tertiary/aromatic N) is 1. The summed E-state index contributed by atoms with van der Waals surface area (Å²) in [6.07, 6.45) is -4.34. The largest absolute Gasteiger partial charge is 0.573 e. The van der Waals surface area contributed by atoms with Crippen molar-refractivity contribution < 1.29 is 27.5 Å². The summed E-state index contributed by atoms with van der Waals surface area (Å²) in [5.74, 6) is -0.526. The van der Waals surface area contributed by atoms with Gasteiger partial charge in [-0.15, -0.1) is 13.2 Å². The Hall–Kier alpha value is -4.07. The highest BCUT2D eigenvalue weighted by Crippen LogP contribution is 2.44. The number of aromatic nitrogens is 1. The zero-order valence-corrected chi connectivity index (χ0v) is 18.3. The first-order chi connectivity index (χ1) is 16.8. The van der Waals surface area contributed by atoms with Gasteiger partial charge in [0.05, 0.1) is 18.5 Å². The number of carbonyl (C=O) groups is 2. The van der Waals surface area contributed by atoms with Crippen molar-refractivity contribution in [3.63, 3.8) is 0 Å². The third-order valence-corrected chi connectivity index (χ3v) is 6.76. The molecule has 176 valence electrons. The lowest BCUT2D eigenvalue weighted by Crippen LogP contribution is -2.44. The Morgan fingerprint density at radius 2 is 1.54 bits per heavy atom. The molecule has 1 amide bonds. The van der Waals surface area contributed by atoms with Crippen molar-refractivity contribution in [2.45, 2.75) is 31.3 Å². The molecule has 0 unspecified atom stereocenters. The number of amides is 1. The van der Waals surface area contributed by atoms with E-state index in [4.69, 9.17) is 0 Å². The molecule has 3 aromatic carbocycles. The number of nitrogens with one attached hydrogen (secondary N) is 1. The van der Waals surface area contributed by atoms with Crippen LogP contribution in [0.5, 0.6) is 5.75 Å².